The second-order valence-corrected chi connectivity index (χ2v) is 8.19. The van der Waals surface area contributed by atoms with Crippen LogP contribution < -0.4 is 0 Å². The molecular weight excluding hydrogens is 342 g/mol. The Morgan fingerprint density at radius 3 is 2.54 bits per heavy atom. The Morgan fingerprint density at radius 2 is 1.81 bits per heavy atom. The SMILES string of the molecule is Clc1nccc(-c2ccc3c(c2)c(C2CCC2)cn3C2CCCCC2)n1. The van der Waals surface area contributed by atoms with E-state index in [0.29, 0.717) is 11.3 Å². The second kappa shape index (κ2) is 6.70. The third-order valence-electron chi connectivity index (χ3n) is 6.30. The van der Waals surface area contributed by atoms with Crippen LogP contribution in [0.4, 0.5) is 0 Å². The van der Waals surface area contributed by atoms with Crippen LogP contribution in [0.15, 0.2) is 36.7 Å². The predicted octanol–water partition coefficient (Wildman–Crippen LogP) is 6.52. The molecule has 0 saturated heterocycles. The van der Waals surface area contributed by atoms with Gasteiger partial charge in [-0.05, 0) is 67.0 Å². The number of fused-ring (bicyclic) bond motifs is 1. The molecule has 2 saturated carbocycles. The minimum absolute atomic E-state index is 0.307. The highest BCUT2D eigenvalue weighted by Gasteiger charge is 2.26. The number of rotatable bonds is 3. The molecule has 134 valence electrons. The van der Waals surface area contributed by atoms with Gasteiger partial charge in [0.25, 0.3) is 0 Å². The van der Waals surface area contributed by atoms with Crippen LogP contribution in [0.2, 0.25) is 5.28 Å². The first kappa shape index (κ1) is 16.3. The Kier molecular flexibility index (Phi) is 4.20. The molecule has 2 aliphatic carbocycles. The fraction of sp³-hybridized carbons (Fsp3) is 0.455. The van der Waals surface area contributed by atoms with Gasteiger partial charge in [-0.3, -0.25) is 0 Å². The van der Waals surface area contributed by atoms with Gasteiger partial charge in [-0.15, -0.1) is 0 Å². The molecule has 3 aromatic rings. The Hall–Kier alpha value is -1.87. The summed E-state index contributed by atoms with van der Waals surface area (Å²) in [5.74, 6) is 0.728. The van der Waals surface area contributed by atoms with Crippen LogP contribution in [0.25, 0.3) is 22.2 Å². The lowest BCUT2D eigenvalue weighted by atomic mass is 9.80. The number of aromatic nitrogens is 3. The van der Waals surface area contributed by atoms with Crippen molar-refractivity contribution in [2.24, 2.45) is 0 Å². The number of nitrogens with zero attached hydrogens (tertiary/aromatic N) is 3. The minimum atomic E-state index is 0.307. The van der Waals surface area contributed by atoms with Crippen molar-refractivity contribution in [2.75, 3.05) is 0 Å². The smallest absolute Gasteiger partial charge is 0.222 e. The molecule has 0 amide bonds. The van der Waals surface area contributed by atoms with Crippen molar-refractivity contribution in [1.82, 2.24) is 14.5 Å². The zero-order valence-corrected chi connectivity index (χ0v) is 15.8. The Bertz CT molecular complexity index is 936. The van der Waals surface area contributed by atoms with Crippen molar-refractivity contribution in [3.05, 3.63) is 47.5 Å². The molecule has 1 aromatic carbocycles. The summed E-state index contributed by atoms with van der Waals surface area (Å²) in [6.45, 7) is 0. The highest BCUT2D eigenvalue weighted by Crippen LogP contribution is 2.43. The van der Waals surface area contributed by atoms with E-state index in [4.69, 9.17) is 11.6 Å². The number of halogens is 1. The average Bonchev–Trinajstić information content (AvgIpc) is 3.00. The standard InChI is InChI=1S/C22H24ClN3/c23-22-24-12-11-20(25-22)16-9-10-21-18(13-16)19(15-5-4-6-15)14-26(21)17-7-2-1-3-8-17/h9-15,17H,1-8H2. The quantitative estimate of drug-likeness (QED) is 0.494. The highest BCUT2D eigenvalue weighted by atomic mass is 35.5. The van der Waals surface area contributed by atoms with Gasteiger partial charge in [-0.1, -0.05) is 31.7 Å². The van der Waals surface area contributed by atoms with Crippen LogP contribution >= 0.6 is 11.6 Å². The summed E-state index contributed by atoms with van der Waals surface area (Å²) in [5.41, 5.74) is 4.96. The predicted molar refractivity (Wildman–Crippen MR) is 107 cm³/mol. The van der Waals surface area contributed by atoms with E-state index in [9.17, 15) is 0 Å². The van der Waals surface area contributed by atoms with E-state index < -0.39 is 0 Å². The Morgan fingerprint density at radius 1 is 0.962 bits per heavy atom. The van der Waals surface area contributed by atoms with E-state index in [2.05, 4.69) is 38.9 Å². The fourth-order valence-corrected chi connectivity index (χ4v) is 4.79. The summed E-state index contributed by atoms with van der Waals surface area (Å²) in [5, 5.41) is 1.72. The summed E-state index contributed by atoms with van der Waals surface area (Å²) in [7, 11) is 0. The molecule has 0 unspecified atom stereocenters. The zero-order chi connectivity index (χ0) is 17.5. The van der Waals surface area contributed by atoms with Crippen LogP contribution in [0.1, 0.15) is 68.9 Å². The van der Waals surface area contributed by atoms with E-state index in [1.54, 1.807) is 11.8 Å². The molecule has 3 nitrogen and oxygen atoms in total. The van der Waals surface area contributed by atoms with Crippen molar-refractivity contribution < 1.29 is 0 Å². The first-order valence-electron chi connectivity index (χ1n) is 9.93. The topological polar surface area (TPSA) is 30.7 Å². The van der Waals surface area contributed by atoms with E-state index >= 15 is 0 Å². The first-order chi connectivity index (χ1) is 12.8. The molecule has 2 fully saturated rings. The van der Waals surface area contributed by atoms with E-state index in [-0.39, 0.29) is 0 Å². The van der Waals surface area contributed by atoms with Gasteiger partial charge in [-0.2, -0.15) is 0 Å². The molecule has 5 rings (SSSR count). The summed E-state index contributed by atoms with van der Waals surface area (Å²) in [4.78, 5) is 8.41. The summed E-state index contributed by atoms with van der Waals surface area (Å²) < 4.78 is 2.58. The molecule has 0 aliphatic heterocycles. The van der Waals surface area contributed by atoms with E-state index in [1.807, 2.05) is 6.07 Å². The van der Waals surface area contributed by atoms with Crippen LogP contribution in [0.5, 0.6) is 0 Å². The van der Waals surface area contributed by atoms with Crippen LogP contribution in [0, 0.1) is 0 Å². The van der Waals surface area contributed by atoms with Gasteiger partial charge in [0.05, 0.1) is 5.69 Å². The lowest BCUT2D eigenvalue weighted by Crippen LogP contribution is -2.12. The third-order valence-corrected chi connectivity index (χ3v) is 6.48. The van der Waals surface area contributed by atoms with Crippen LogP contribution in [-0.4, -0.2) is 14.5 Å². The fourth-order valence-electron chi connectivity index (χ4n) is 4.64. The van der Waals surface area contributed by atoms with Crippen molar-refractivity contribution in [3.63, 3.8) is 0 Å². The maximum absolute atomic E-state index is 6.01. The minimum Gasteiger partial charge on any atom is -0.344 e. The second-order valence-electron chi connectivity index (χ2n) is 7.85. The molecule has 2 heterocycles. The van der Waals surface area contributed by atoms with Gasteiger partial charge in [0.2, 0.25) is 5.28 Å². The molecule has 0 atom stereocenters. The molecule has 0 N–H and O–H groups in total. The van der Waals surface area contributed by atoms with E-state index in [1.165, 1.54) is 62.3 Å². The average molecular weight is 366 g/mol. The zero-order valence-electron chi connectivity index (χ0n) is 15.0. The van der Waals surface area contributed by atoms with Crippen LogP contribution in [-0.2, 0) is 0 Å². The summed E-state index contributed by atoms with van der Waals surface area (Å²) >= 11 is 6.01. The van der Waals surface area contributed by atoms with Crippen LogP contribution in [0.3, 0.4) is 0 Å². The summed E-state index contributed by atoms with van der Waals surface area (Å²) in [6.07, 6.45) is 15.0. The lowest BCUT2D eigenvalue weighted by Gasteiger charge is -2.26. The van der Waals surface area contributed by atoms with Gasteiger partial charge < -0.3 is 4.57 Å². The molecule has 0 bridgehead atoms. The first-order valence-corrected chi connectivity index (χ1v) is 10.3. The van der Waals surface area contributed by atoms with Gasteiger partial charge in [0.1, 0.15) is 0 Å². The van der Waals surface area contributed by atoms with E-state index in [0.717, 1.165) is 17.2 Å². The molecule has 2 aromatic heterocycles. The number of benzene rings is 1. The van der Waals surface area contributed by atoms with Crippen molar-refractivity contribution in [2.45, 2.75) is 63.3 Å². The number of hydrogen-bond donors (Lipinski definition) is 0. The Balaban J connectivity index is 1.63. The van der Waals surface area contributed by atoms with Gasteiger partial charge in [0.15, 0.2) is 0 Å². The van der Waals surface area contributed by atoms with Crippen molar-refractivity contribution in [1.29, 1.82) is 0 Å². The molecule has 26 heavy (non-hydrogen) atoms. The maximum Gasteiger partial charge on any atom is 0.222 e. The molecule has 0 spiro atoms. The molecule has 0 radical (unpaired) electrons. The van der Waals surface area contributed by atoms with Gasteiger partial charge in [0, 0.05) is 34.9 Å². The summed E-state index contributed by atoms with van der Waals surface area (Å²) in [6, 6.07) is 9.40. The van der Waals surface area contributed by atoms with Crippen molar-refractivity contribution >= 4 is 22.5 Å². The maximum atomic E-state index is 6.01. The Labute approximate surface area is 159 Å². The molecule has 4 heteroatoms. The monoisotopic (exact) mass is 365 g/mol. The molecule has 2 aliphatic rings. The third kappa shape index (κ3) is 2.83. The highest BCUT2D eigenvalue weighted by molar-refractivity contribution is 6.28. The lowest BCUT2D eigenvalue weighted by molar-refractivity contribution is 0.358. The van der Waals surface area contributed by atoms with Gasteiger partial charge >= 0.3 is 0 Å². The molecular formula is C22H24ClN3. The largest absolute Gasteiger partial charge is 0.344 e. The van der Waals surface area contributed by atoms with Crippen molar-refractivity contribution in [3.8, 4) is 11.3 Å². The van der Waals surface area contributed by atoms with Gasteiger partial charge in [-0.25, -0.2) is 9.97 Å². The number of hydrogen-bond acceptors (Lipinski definition) is 2. The normalized spacial score (nSPS) is 19.0.